The number of halogens is 1. The molecular weight excluding hydrogens is 597 g/mol. The minimum atomic E-state index is -0.972. The minimum absolute atomic E-state index is 0.115. The summed E-state index contributed by atoms with van der Waals surface area (Å²) in [6.45, 7) is 6.87. The van der Waals surface area contributed by atoms with Crippen LogP contribution in [0.3, 0.4) is 0 Å². The molecule has 13 heteroatoms. The first-order valence-electron chi connectivity index (χ1n) is 14.4. The molecule has 0 aliphatic carbocycles. The molecule has 0 unspecified atom stereocenters. The van der Waals surface area contributed by atoms with Crippen LogP contribution < -0.4 is 20.9 Å². The van der Waals surface area contributed by atoms with E-state index in [1.165, 1.54) is 12.3 Å². The number of carbonyl (C=O) groups is 3. The Morgan fingerprint density at radius 1 is 0.956 bits per heavy atom. The topological polar surface area (TPSA) is 136 Å². The fourth-order valence-corrected chi connectivity index (χ4v) is 6.16. The lowest BCUT2D eigenvalue weighted by Crippen LogP contribution is -2.44. The molecule has 0 saturated carbocycles. The Kier molecular flexibility index (Phi) is 8.12. The van der Waals surface area contributed by atoms with Crippen LogP contribution in [0.25, 0.3) is 10.2 Å². The number of furan rings is 1. The zero-order valence-corrected chi connectivity index (χ0v) is 25.8. The van der Waals surface area contributed by atoms with Gasteiger partial charge in [0.1, 0.15) is 16.5 Å². The molecule has 0 spiro atoms. The third-order valence-corrected chi connectivity index (χ3v) is 8.82. The number of benzene rings is 2. The third-order valence-electron chi connectivity index (χ3n) is 7.80. The Bertz CT molecular complexity index is 1870. The Morgan fingerprint density at radius 3 is 2.47 bits per heavy atom. The van der Waals surface area contributed by atoms with Gasteiger partial charge in [0.05, 0.1) is 33.3 Å². The van der Waals surface area contributed by atoms with Crippen molar-refractivity contribution in [3.8, 4) is 0 Å². The first-order valence-corrected chi connectivity index (χ1v) is 15.2. The Morgan fingerprint density at radius 2 is 1.73 bits per heavy atom. The lowest BCUT2D eigenvalue weighted by molar-refractivity contribution is 0.0913. The highest BCUT2D eigenvalue weighted by atomic mass is 32.1. The number of amides is 3. The second kappa shape index (κ2) is 12.2. The molecular formula is C32H32FN7O4S. The number of piperazine rings is 1. The maximum atomic E-state index is 14.4. The summed E-state index contributed by atoms with van der Waals surface area (Å²) in [5, 5.41) is 16.2. The molecule has 1 aliphatic rings. The van der Waals surface area contributed by atoms with Gasteiger partial charge in [-0.2, -0.15) is 5.10 Å². The van der Waals surface area contributed by atoms with Gasteiger partial charge < -0.3 is 30.2 Å². The third kappa shape index (κ3) is 6.30. The molecule has 3 aromatic heterocycles. The van der Waals surface area contributed by atoms with E-state index < -0.39 is 29.1 Å². The van der Waals surface area contributed by atoms with Crippen LogP contribution in [0.5, 0.6) is 0 Å². The smallest absolute Gasteiger partial charge is 0.291 e. The number of H-pyrrole nitrogens is 1. The van der Waals surface area contributed by atoms with Crippen LogP contribution >= 0.6 is 11.3 Å². The molecule has 0 bridgehead atoms. The zero-order valence-electron chi connectivity index (χ0n) is 24.9. The molecule has 11 nitrogen and oxygen atoms in total. The number of carbonyl (C=O) groups excluding carboxylic acids is 3. The standard InChI is InChI=1S/C32H32FN7O4S/c1-32(2,22-7-4-5-8-23(22)33)36-30(43)26-18-21-27(37-38-31(21)45-26)35-28(41)20-11-10-19(40-14-12-39(3)13-15-40)17-24(20)34-29(42)25-9-6-16-44-25/h4-11,16-18H,12-15H2,1-3H3,(H,34,42)(H,36,43)(H2,35,37,38,41). The van der Waals surface area contributed by atoms with Crippen LogP contribution in [0, 0.1) is 5.82 Å². The maximum Gasteiger partial charge on any atom is 0.291 e. The summed E-state index contributed by atoms with van der Waals surface area (Å²) in [7, 11) is 2.07. The highest BCUT2D eigenvalue weighted by molar-refractivity contribution is 7.20. The lowest BCUT2D eigenvalue weighted by Gasteiger charge is -2.34. The first-order chi connectivity index (χ1) is 21.6. The van der Waals surface area contributed by atoms with E-state index in [9.17, 15) is 18.8 Å². The number of hydrogen-bond donors (Lipinski definition) is 4. The molecule has 0 atom stereocenters. The summed E-state index contributed by atoms with van der Waals surface area (Å²) in [5.74, 6) is -1.37. The fraction of sp³-hybridized carbons (Fsp3) is 0.250. The van der Waals surface area contributed by atoms with Gasteiger partial charge in [-0.05, 0) is 63.4 Å². The number of nitrogens with zero attached hydrogens (tertiary/aromatic N) is 3. The summed E-state index contributed by atoms with van der Waals surface area (Å²) in [4.78, 5) is 45.0. The van der Waals surface area contributed by atoms with Crippen molar-refractivity contribution in [1.29, 1.82) is 0 Å². The Hall–Kier alpha value is -5.01. The van der Waals surface area contributed by atoms with Crippen molar-refractivity contribution in [2.75, 3.05) is 48.8 Å². The summed E-state index contributed by atoms with van der Waals surface area (Å²) in [6, 6.07) is 16.4. The zero-order chi connectivity index (χ0) is 31.7. The van der Waals surface area contributed by atoms with Gasteiger partial charge in [0.2, 0.25) is 0 Å². The van der Waals surface area contributed by atoms with E-state index in [-0.39, 0.29) is 11.3 Å². The van der Waals surface area contributed by atoms with Crippen LogP contribution in [0.15, 0.2) is 71.3 Å². The number of thiophene rings is 1. The Labute approximate surface area is 262 Å². The number of aromatic amines is 1. The highest BCUT2D eigenvalue weighted by Crippen LogP contribution is 2.32. The van der Waals surface area contributed by atoms with Crippen LogP contribution in [-0.4, -0.2) is 66.0 Å². The number of rotatable bonds is 8. The van der Waals surface area contributed by atoms with Gasteiger partial charge in [0.15, 0.2) is 5.76 Å². The van der Waals surface area contributed by atoms with Gasteiger partial charge in [-0.15, -0.1) is 11.3 Å². The van der Waals surface area contributed by atoms with Crippen molar-refractivity contribution in [3.05, 3.63) is 94.5 Å². The second-order valence-electron chi connectivity index (χ2n) is 11.4. The first kappa shape index (κ1) is 30.0. The minimum Gasteiger partial charge on any atom is -0.459 e. The molecule has 5 aromatic rings. The van der Waals surface area contributed by atoms with Gasteiger partial charge in [0.25, 0.3) is 17.7 Å². The van der Waals surface area contributed by atoms with Gasteiger partial charge in [-0.3, -0.25) is 19.5 Å². The molecule has 0 radical (unpaired) electrons. The van der Waals surface area contributed by atoms with Crippen molar-refractivity contribution in [2.24, 2.45) is 0 Å². The molecule has 4 heterocycles. The lowest BCUT2D eigenvalue weighted by atomic mass is 9.93. The SMILES string of the molecule is CN1CCN(c2ccc(C(=O)Nc3[nH]nc4sc(C(=O)NC(C)(C)c5ccccc5F)cc34)c(NC(=O)c3ccco3)c2)CC1. The fourth-order valence-electron chi connectivity index (χ4n) is 5.27. The molecule has 45 heavy (non-hydrogen) atoms. The number of aromatic nitrogens is 2. The van der Waals surface area contributed by atoms with E-state index in [1.807, 2.05) is 6.07 Å². The van der Waals surface area contributed by atoms with Crippen molar-refractivity contribution in [3.63, 3.8) is 0 Å². The predicted octanol–water partition coefficient (Wildman–Crippen LogP) is 5.28. The van der Waals surface area contributed by atoms with Gasteiger partial charge in [-0.25, -0.2) is 4.39 Å². The summed E-state index contributed by atoms with van der Waals surface area (Å²) < 4.78 is 19.7. The summed E-state index contributed by atoms with van der Waals surface area (Å²) >= 11 is 1.14. The molecule has 1 aliphatic heterocycles. The molecule has 232 valence electrons. The largest absolute Gasteiger partial charge is 0.459 e. The molecule has 4 N–H and O–H groups in total. The van der Waals surface area contributed by atoms with Gasteiger partial charge in [-0.1, -0.05) is 18.2 Å². The number of nitrogens with one attached hydrogen (secondary N) is 4. The molecule has 6 rings (SSSR count). The molecule has 2 aromatic carbocycles. The van der Waals surface area contributed by atoms with Crippen LogP contribution in [-0.2, 0) is 5.54 Å². The van der Waals surface area contributed by atoms with E-state index in [0.29, 0.717) is 32.2 Å². The molecule has 1 fully saturated rings. The molecule has 1 saturated heterocycles. The van der Waals surface area contributed by atoms with Crippen LogP contribution in [0.1, 0.15) is 50.0 Å². The van der Waals surface area contributed by atoms with Gasteiger partial charge in [0, 0.05) is 37.4 Å². The van der Waals surface area contributed by atoms with E-state index in [1.54, 1.807) is 62.4 Å². The van der Waals surface area contributed by atoms with Crippen LogP contribution in [0.2, 0.25) is 0 Å². The number of fused-ring (bicyclic) bond motifs is 1. The quantitative estimate of drug-likeness (QED) is 0.184. The maximum absolute atomic E-state index is 14.4. The average Bonchev–Trinajstić information content (AvgIpc) is 3.77. The normalized spacial score (nSPS) is 14.0. The highest BCUT2D eigenvalue weighted by Gasteiger charge is 2.28. The number of likely N-dealkylation sites (N-methyl/N-ethyl adjacent to an activating group) is 1. The van der Waals surface area contributed by atoms with Crippen molar-refractivity contribution in [1.82, 2.24) is 20.4 Å². The predicted molar refractivity (Wildman–Crippen MR) is 172 cm³/mol. The molecule has 3 amide bonds. The van der Waals surface area contributed by atoms with Gasteiger partial charge >= 0.3 is 0 Å². The van der Waals surface area contributed by atoms with E-state index in [2.05, 4.69) is 43.0 Å². The van der Waals surface area contributed by atoms with E-state index >= 15 is 0 Å². The average molecular weight is 630 g/mol. The monoisotopic (exact) mass is 629 g/mol. The van der Waals surface area contributed by atoms with Crippen molar-refractivity contribution in [2.45, 2.75) is 19.4 Å². The van der Waals surface area contributed by atoms with E-state index in [0.717, 1.165) is 43.2 Å². The summed E-state index contributed by atoms with van der Waals surface area (Å²) in [6.07, 6.45) is 1.41. The Balaban J connectivity index is 1.23. The van der Waals surface area contributed by atoms with E-state index in [4.69, 9.17) is 4.42 Å². The second-order valence-corrected chi connectivity index (χ2v) is 12.4. The number of anilines is 3. The number of hydrogen-bond acceptors (Lipinski definition) is 8. The van der Waals surface area contributed by atoms with Crippen molar-refractivity contribution >= 4 is 56.5 Å². The van der Waals surface area contributed by atoms with Crippen molar-refractivity contribution < 1.29 is 23.2 Å². The van der Waals surface area contributed by atoms with Crippen LogP contribution in [0.4, 0.5) is 21.6 Å². The summed E-state index contributed by atoms with van der Waals surface area (Å²) in [5.41, 5.74) is 0.823.